The Balaban J connectivity index is 1.85. The van der Waals surface area contributed by atoms with Crippen LogP contribution in [0.25, 0.3) is 0 Å². The Kier molecular flexibility index (Phi) is 4.10. The molecule has 0 spiro atoms. The maximum absolute atomic E-state index is 12.6. The zero-order chi connectivity index (χ0) is 16.2. The Labute approximate surface area is 133 Å². The third-order valence-corrected chi connectivity index (χ3v) is 3.59. The van der Waals surface area contributed by atoms with E-state index in [1.165, 1.54) is 29.5 Å². The highest BCUT2D eigenvalue weighted by Crippen LogP contribution is 2.25. The minimum absolute atomic E-state index is 0.0809. The molecule has 1 heterocycles. The van der Waals surface area contributed by atoms with Gasteiger partial charge in [-0.3, -0.25) is 9.69 Å². The molecule has 116 valence electrons. The fourth-order valence-electron chi connectivity index (χ4n) is 2.40. The molecule has 0 bridgehead atoms. The SMILES string of the molecule is O=C(O)c1cccc(C(=O)N2C=COC(C3=CC=CCC3)=C2)c1. The molecule has 0 saturated carbocycles. The molecule has 1 N–H and O–H groups in total. The highest BCUT2D eigenvalue weighted by molar-refractivity contribution is 5.98. The zero-order valence-electron chi connectivity index (χ0n) is 12.3. The van der Waals surface area contributed by atoms with Crippen molar-refractivity contribution >= 4 is 11.9 Å². The van der Waals surface area contributed by atoms with Crippen LogP contribution in [0.15, 0.2) is 72.5 Å². The molecule has 0 radical (unpaired) electrons. The van der Waals surface area contributed by atoms with E-state index in [1.54, 1.807) is 18.3 Å². The van der Waals surface area contributed by atoms with E-state index < -0.39 is 5.97 Å². The van der Waals surface area contributed by atoms with Crippen LogP contribution in [-0.4, -0.2) is 21.9 Å². The molecule has 0 aromatic heterocycles. The van der Waals surface area contributed by atoms with E-state index in [2.05, 4.69) is 6.08 Å². The van der Waals surface area contributed by atoms with E-state index in [0.29, 0.717) is 11.3 Å². The minimum Gasteiger partial charge on any atom is -0.478 e. The van der Waals surface area contributed by atoms with E-state index in [9.17, 15) is 9.59 Å². The molecule has 23 heavy (non-hydrogen) atoms. The number of carboxylic acids is 1. The van der Waals surface area contributed by atoms with E-state index in [1.807, 2.05) is 12.2 Å². The zero-order valence-corrected chi connectivity index (χ0v) is 12.3. The number of aromatic carboxylic acids is 1. The van der Waals surface area contributed by atoms with Gasteiger partial charge in [0.2, 0.25) is 0 Å². The van der Waals surface area contributed by atoms with Crippen LogP contribution < -0.4 is 0 Å². The molecular weight excluding hydrogens is 294 g/mol. The number of carbonyl (C=O) groups excluding carboxylic acids is 1. The van der Waals surface area contributed by atoms with Gasteiger partial charge in [-0.15, -0.1) is 0 Å². The van der Waals surface area contributed by atoms with Crippen LogP contribution >= 0.6 is 0 Å². The summed E-state index contributed by atoms with van der Waals surface area (Å²) in [4.78, 5) is 25.0. The van der Waals surface area contributed by atoms with Gasteiger partial charge in [0.25, 0.3) is 5.91 Å². The summed E-state index contributed by atoms with van der Waals surface area (Å²) in [5.41, 5.74) is 1.41. The van der Waals surface area contributed by atoms with Gasteiger partial charge in [0.15, 0.2) is 0 Å². The minimum atomic E-state index is -1.06. The normalized spacial score (nSPS) is 16.4. The summed E-state index contributed by atoms with van der Waals surface area (Å²) in [6, 6.07) is 5.97. The first-order valence-electron chi connectivity index (χ1n) is 7.22. The average Bonchev–Trinajstić information content (AvgIpc) is 2.62. The summed E-state index contributed by atoms with van der Waals surface area (Å²) in [6.45, 7) is 0. The van der Waals surface area contributed by atoms with Crippen LogP contribution in [0.5, 0.6) is 0 Å². The maximum Gasteiger partial charge on any atom is 0.335 e. The lowest BCUT2D eigenvalue weighted by Gasteiger charge is -2.22. The molecule has 5 heteroatoms. The van der Waals surface area contributed by atoms with Crippen LogP contribution in [-0.2, 0) is 4.74 Å². The number of carbonyl (C=O) groups is 2. The predicted molar refractivity (Wildman–Crippen MR) is 84.3 cm³/mol. The molecule has 0 fully saturated rings. The van der Waals surface area contributed by atoms with Gasteiger partial charge in [-0.2, -0.15) is 0 Å². The van der Waals surface area contributed by atoms with Gasteiger partial charge in [0.1, 0.15) is 12.0 Å². The monoisotopic (exact) mass is 309 g/mol. The molecule has 0 atom stereocenters. The van der Waals surface area contributed by atoms with Crippen LogP contribution in [0.1, 0.15) is 33.6 Å². The molecule has 1 aromatic rings. The van der Waals surface area contributed by atoms with Crippen molar-refractivity contribution < 1.29 is 19.4 Å². The quantitative estimate of drug-likeness (QED) is 0.928. The van der Waals surface area contributed by atoms with Crippen LogP contribution in [0.2, 0.25) is 0 Å². The molecule has 1 amide bonds. The molecule has 1 aliphatic heterocycles. The summed E-state index contributed by atoms with van der Waals surface area (Å²) in [7, 11) is 0. The van der Waals surface area contributed by atoms with Crippen molar-refractivity contribution in [2.75, 3.05) is 0 Å². The first-order valence-corrected chi connectivity index (χ1v) is 7.22. The van der Waals surface area contributed by atoms with Gasteiger partial charge in [-0.25, -0.2) is 4.79 Å². The number of amides is 1. The maximum atomic E-state index is 12.6. The first kappa shape index (κ1) is 14.8. The number of benzene rings is 1. The van der Waals surface area contributed by atoms with Crippen molar-refractivity contribution in [1.82, 2.24) is 4.90 Å². The van der Waals surface area contributed by atoms with Crippen molar-refractivity contribution in [2.24, 2.45) is 0 Å². The van der Waals surface area contributed by atoms with Crippen molar-refractivity contribution in [2.45, 2.75) is 12.8 Å². The molecular formula is C18H15NO4. The summed E-state index contributed by atoms with van der Waals surface area (Å²) in [5.74, 6) is -0.746. The molecule has 5 nitrogen and oxygen atoms in total. The lowest BCUT2D eigenvalue weighted by molar-refractivity contribution is 0.0697. The van der Waals surface area contributed by atoms with Crippen LogP contribution in [0.3, 0.4) is 0 Å². The molecule has 3 rings (SSSR count). The predicted octanol–water partition coefficient (Wildman–Crippen LogP) is 3.45. The Morgan fingerprint density at radius 2 is 2.04 bits per heavy atom. The van der Waals surface area contributed by atoms with E-state index in [0.717, 1.165) is 18.4 Å². The standard InChI is InChI=1S/C18H15NO4/c20-17(14-7-4-8-15(11-14)18(21)22)19-9-10-23-16(12-19)13-5-2-1-3-6-13/h1-2,4-5,7-12H,3,6H2,(H,21,22). The smallest absolute Gasteiger partial charge is 0.335 e. The number of allylic oxidation sites excluding steroid dienone is 4. The second kappa shape index (κ2) is 6.36. The second-order valence-electron chi connectivity index (χ2n) is 5.15. The van der Waals surface area contributed by atoms with Crippen molar-refractivity contribution in [3.05, 3.63) is 83.6 Å². The van der Waals surface area contributed by atoms with Gasteiger partial charge >= 0.3 is 5.97 Å². The number of hydrogen-bond donors (Lipinski definition) is 1. The number of hydrogen-bond acceptors (Lipinski definition) is 3. The van der Waals surface area contributed by atoms with Crippen molar-refractivity contribution in [3.8, 4) is 0 Å². The number of nitrogens with zero attached hydrogens (tertiary/aromatic N) is 1. The highest BCUT2D eigenvalue weighted by Gasteiger charge is 2.19. The van der Waals surface area contributed by atoms with Crippen molar-refractivity contribution in [3.63, 3.8) is 0 Å². The molecule has 1 aliphatic carbocycles. The summed E-state index contributed by atoms with van der Waals surface area (Å²) in [5, 5.41) is 9.03. The van der Waals surface area contributed by atoms with Gasteiger partial charge in [0.05, 0.1) is 11.8 Å². The van der Waals surface area contributed by atoms with Gasteiger partial charge in [-0.1, -0.05) is 24.3 Å². The Morgan fingerprint density at radius 1 is 1.22 bits per heavy atom. The Bertz CT molecular complexity index is 771. The van der Waals surface area contributed by atoms with E-state index in [4.69, 9.17) is 9.84 Å². The van der Waals surface area contributed by atoms with Gasteiger partial charge in [0, 0.05) is 11.8 Å². The topological polar surface area (TPSA) is 66.8 Å². The fraction of sp³-hybridized carbons (Fsp3) is 0.111. The summed E-state index contributed by atoms with van der Waals surface area (Å²) >= 11 is 0. The highest BCUT2D eigenvalue weighted by atomic mass is 16.5. The molecule has 2 aliphatic rings. The van der Waals surface area contributed by atoms with Gasteiger partial charge in [-0.05, 0) is 36.6 Å². The summed E-state index contributed by atoms with van der Waals surface area (Å²) < 4.78 is 5.49. The lowest BCUT2D eigenvalue weighted by Crippen LogP contribution is -2.23. The number of rotatable bonds is 3. The number of ether oxygens (including phenoxy) is 1. The van der Waals surface area contributed by atoms with Crippen LogP contribution in [0.4, 0.5) is 0 Å². The second-order valence-corrected chi connectivity index (χ2v) is 5.15. The Morgan fingerprint density at radius 3 is 2.78 bits per heavy atom. The van der Waals surface area contributed by atoms with E-state index >= 15 is 0 Å². The fourth-order valence-corrected chi connectivity index (χ4v) is 2.40. The Hall–Kier alpha value is -3.08. The summed E-state index contributed by atoms with van der Waals surface area (Å²) in [6.07, 6.45) is 12.4. The first-order chi connectivity index (χ1) is 11.1. The third kappa shape index (κ3) is 3.23. The van der Waals surface area contributed by atoms with Crippen molar-refractivity contribution in [1.29, 1.82) is 0 Å². The molecule has 0 unspecified atom stereocenters. The average molecular weight is 309 g/mol. The lowest BCUT2D eigenvalue weighted by atomic mass is 10.0. The number of carboxylic acid groups (broad SMARTS) is 1. The molecule has 0 saturated heterocycles. The third-order valence-electron chi connectivity index (χ3n) is 3.59. The van der Waals surface area contributed by atoms with E-state index in [-0.39, 0.29) is 11.5 Å². The van der Waals surface area contributed by atoms with Gasteiger partial charge < -0.3 is 9.84 Å². The molecule has 1 aromatic carbocycles. The largest absolute Gasteiger partial charge is 0.478 e. The van der Waals surface area contributed by atoms with Crippen LogP contribution in [0, 0.1) is 0 Å².